The minimum atomic E-state index is -0.736. The SMILES string of the molecule is CCNC(CCN1CCN(C(C)CC)CC1)C(=O)O. The normalized spacial score (nSPS) is 21.2. The third-order valence-corrected chi connectivity index (χ3v) is 4.10. The van der Waals surface area contributed by atoms with E-state index in [4.69, 9.17) is 5.11 Å². The highest BCUT2D eigenvalue weighted by Crippen LogP contribution is 2.09. The molecule has 0 aromatic heterocycles. The van der Waals surface area contributed by atoms with E-state index in [1.165, 1.54) is 6.42 Å². The molecule has 112 valence electrons. The van der Waals surface area contributed by atoms with Crippen molar-refractivity contribution >= 4 is 5.97 Å². The molecule has 0 saturated carbocycles. The van der Waals surface area contributed by atoms with E-state index in [0.29, 0.717) is 19.0 Å². The van der Waals surface area contributed by atoms with E-state index in [2.05, 4.69) is 29.0 Å². The van der Waals surface area contributed by atoms with Gasteiger partial charge < -0.3 is 15.3 Å². The molecule has 0 spiro atoms. The third kappa shape index (κ3) is 5.47. The van der Waals surface area contributed by atoms with Crippen LogP contribution in [0.25, 0.3) is 0 Å². The lowest BCUT2D eigenvalue weighted by molar-refractivity contribution is -0.139. The van der Waals surface area contributed by atoms with E-state index in [0.717, 1.165) is 32.7 Å². The van der Waals surface area contributed by atoms with Crippen LogP contribution in [0.15, 0.2) is 0 Å². The summed E-state index contributed by atoms with van der Waals surface area (Å²) in [4.78, 5) is 16.0. The highest BCUT2D eigenvalue weighted by molar-refractivity contribution is 5.73. The Morgan fingerprint density at radius 1 is 1.26 bits per heavy atom. The Kier molecular flexibility index (Phi) is 7.34. The van der Waals surface area contributed by atoms with Gasteiger partial charge in [-0.15, -0.1) is 0 Å². The molecule has 0 aromatic carbocycles. The lowest BCUT2D eigenvalue weighted by Gasteiger charge is -2.38. The van der Waals surface area contributed by atoms with Crippen molar-refractivity contribution in [2.45, 2.75) is 45.7 Å². The maximum atomic E-state index is 11.1. The van der Waals surface area contributed by atoms with Crippen molar-refractivity contribution in [3.63, 3.8) is 0 Å². The van der Waals surface area contributed by atoms with Crippen LogP contribution in [0.1, 0.15) is 33.6 Å². The number of carboxylic acid groups (broad SMARTS) is 1. The summed E-state index contributed by atoms with van der Waals surface area (Å²) >= 11 is 0. The summed E-state index contributed by atoms with van der Waals surface area (Å²) in [5, 5.41) is 12.1. The lowest BCUT2D eigenvalue weighted by atomic mass is 10.1. The van der Waals surface area contributed by atoms with Crippen LogP contribution in [0, 0.1) is 0 Å². The molecule has 2 unspecified atom stereocenters. The molecule has 1 aliphatic heterocycles. The molecular weight excluding hydrogens is 242 g/mol. The molecule has 5 heteroatoms. The minimum Gasteiger partial charge on any atom is -0.480 e. The summed E-state index contributed by atoms with van der Waals surface area (Å²) < 4.78 is 0. The quantitative estimate of drug-likeness (QED) is 0.685. The molecule has 1 aliphatic rings. The second kappa shape index (κ2) is 8.51. The Balaban J connectivity index is 2.27. The highest BCUT2D eigenvalue weighted by atomic mass is 16.4. The molecule has 0 radical (unpaired) electrons. The molecule has 19 heavy (non-hydrogen) atoms. The number of rotatable bonds is 8. The zero-order chi connectivity index (χ0) is 14.3. The van der Waals surface area contributed by atoms with Gasteiger partial charge in [-0.3, -0.25) is 9.69 Å². The highest BCUT2D eigenvalue weighted by Gasteiger charge is 2.22. The van der Waals surface area contributed by atoms with Gasteiger partial charge in [0.15, 0.2) is 0 Å². The van der Waals surface area contributed by atoms with Gasteiger partial charge in [0.25, 0.3) is 0 Å². The molecule has 5 nitrogen and oxygen atoms in total. The van der Waals surface area contributed by atoms with Gasteiger partial charge in [-0.2, -0.15) is 0 Å². The van der Waals surface area contributed by atoms with Crippen molar-refractivity contribution in [2.24, 2.45) is 0 Å². The van der Waals surface area contributed by atoms with Gasteiger partial charge in [0, 0.05) is 38.8 Å². The van der Waals surface area contributed by atoms with E-state index in [1.807, 2.05) is 6.92 Å². The van der Waals surface area contributed by atoms with Crippen molar-refractivity contribution < 1.29 is 9.90 Å². The van der Waals surface area contributed by atoms with E-state index >= 15 is 0 Å². The van der Waals surface area contributed by atoms with Gasteiger partial charge in [0.1, 0.15) is 6.04 Å². The number of likely N-dealkylation sites (N-methyl/N-ethyl adjacent to an activating group) is 1. The number of hydrogen-bond acceptors (Lipinski definition) is 4. The molecule has 1 fully saturated rings. The Labute approximate surface area is 117 Å². The fourth-order valence-corrected chi connectivity index (χ4v) is 2.56. The predicted molar refractivity (Wildman–Crippen MR) is 77.5 cm³/mol. The second-order valence-corrected chi connectivity index (χ2v) is 5.37. The van der Waals surface area contributed by atoms with Crippen molar-refractivity contribution in [2.75, 3.05) is 39.3 Å². The summed E-state index contributed by atoms with van der Waals surface area (Å²) in [6.45, 7) is 12.4. The fraction of sp³-hybridized carbons (Fsp3) is 0.929. The van der Waals surface area contributed by atoms with E-state index < -0.39 is 12.0 Å². The molecule has 2 N–H and O–H groups in total. The molecule has 0 bridgehead atoms. The van der Waals surface area contributed by atoms with Gasteiger partial charge in [-0.25, -0.2) is 0 Å². The molecular formula is C14H29N3O2. The lowest BCUT2D eigenvalue weighted by Crippen LogP contribution is -2.50. The number of nitrogens with one attached hydrogen (secondary N) is 1. The van der Waals surface area contributed by atoms with Crippen molar-refractivity contribution in [3.8, 4) is 0 Å². The van der Waals surface area contributed by atoms with Crippen molar-refractivity contribution in [1.29, 1.82) is 0 Å². The van der Waals surface area contributed by atoms with Gasteiger partial charge in [-0.05, 0) is 26.3 Å². The fourth-order valence-electron chi connectivity index (χ4n) is 2.56. The molecule has 1 saturated heterocycles. The monoisotopic (exact) mass is 271 g/mol. The molecule has 1 heterocycles. The first-order valence-corrected chi connectivity index (χ1v) is 7.51. The Morgan fingerprint density at radius 2 is 1.89 bits per heavy atom. The topological polar surface area (TPSA) is 55.8 Å². The summed E-state index contributed by atoms with van der Waals surface area (Å²) in [6.07, 6.45) is 1.88. The van der Waals surface area contributed by atoms with Crippen LogP contribution >= 0.6 is 0 Å². The molecule has 0 aliphatic carbocycles. The van der Waals surface area contributed by atoms with E-state index in [9.17, 15) is 4.79 Å². The first kappa shape index (κ1) is 16.4. The van der Waals surface area contributed by atoms with Crippen molar-refractivity contribution in [1.82, 2.24) is 15.1 Å². The number of nitrogens with zero attached hydrogens (tertiary/aromatic N) is 2. The molecule has 0 amide bonds. The van der Waals surface area contributed by atoms with E-state index in [1.54, 1.807) is 0 Å². The van der Waals surface area contributed by atoms with Gasteiger partial charge in [0.2, 0.25) is 0 Å². The molecule has 2 atom stereocenters. The van der Waals surface area contributed by atoms with Crippen LogP contribution in [0.3, 0.4) is 0 Å². The van der Waals surface area contributed by atoms with Crippen LogP contribution in [-0.2, 0) is 4.79 Å². The summed E-state index contributed by atoms with van der Waals surface area (Å²) in [7, 11) is 0. The number of aliphatic carboxylic acids is 1. The minimum absolute atomic E-state index is 0.405. The molecule has 1 rings (SSSR count). The summed E-state index contributed by atoms with van der Waals surface area (Å²) in [6, 6.07) is 0.258. The Hall–Kier alpha value is -0.650. The van der Waals surface area contributed by atoms with Gasteiger partial charge in [0.05, 0.1) is 0 Å². The molecule has 0 aromatic rings. The smallest absolute Gasteiger partial charge is 0.320 e. The third-order valence-electron chi connectivity index (χ3n) is 4.10. The Morgan fingerprint density at radius 3 is 2.37 bits per heavy atom. The van der Waals surface area contributed by atoms with Crippen LogP contribution in [0.4, 0.5) is 0 Å². The second-order valence-electron chi connectivity index (χ2n) is 5.37. The number of piperazine rings is 1. The van der Waals surface area contributed by atoms with E-state index in [-0.39, 0.29) is 0 Å². The largest absolute Gasteiger partial charge is 0.480 e. The van der Waals surface area contributed by atoms with Crippen LogP contribution in [-0.4, -0.2) is 72.2 Å². The van der Waals surface area contributed by atoms with Crippen LogP contribution < -0.4 is 5.32 Å². The summed E-state index contributed by atoms with van der Waals surface area (Å²) in [5.74, 6) is -0.736. The van der Waals surface area contributed by atoms with Crippen molar-refractivity contribution in [3.05, 3.63) is 0 Å². The standard InChI is InChI=1S/C14H29N3O2/c1-4-12(3)17-10-8-16(9-11-17)7-6-13(14(18)19)15-5-2/h12-13,15H,4-11H2,1-3H3,(H,18,19). The van der Waals surface area contributed by atoms with Crippen LogP contribution in [0.2, 0.25) is 0 Å². The number of carbonyl (C=O) groups is 1. The number of carboxylic acids is 1. The average Bonchev–Trinajstić information content (AvgIpc) is 2.42. The summed E-state index contributed by atoms with van der Waals surface area (Å²) in [5.41, 5.74) is 0. The maximum Gasteiger partial charge on any atom is 0.320 e. The number of hydrogen-bond donors (Lipinski definition) is 2. The van der Waals surface area contributed by atoms with Gasteiger partial charge in [-0.1, -0.05) is 13.8 Å². The Bertz CT molecular complexity index is 265. The zero-order valence-corrected chi connectivity index (χ0v) is 12.6. The average molecular weight is 271 g/mol. The van der Waals surface area contributed by atoms with Crippen LogP contribution in [0.5, 0.6) is 0 Å². The predicted octanol–water partition coefficient (Wildman–Crippen LogP) is 0.855. The first-order valence-electron chi connectivity index (χ1n) is 7.51. The van der Waals surface area contributed by atoms with Gasteiger partial charge >= 0.3 is 5.97 Å². The maximum absolute atomic E-state index is 11.1. The zero-order valence-electron chi connectivity index (χ0n) is 12.6. The first-order chi connectivity index (χ1) is 9.08.